The number of hydrogen-bond acceptors (Lipinski definition) is 3. The van der Waals surface area contributed by atoms with Gasteiger partial charge in [-0.05, 0) is 42.5 Å². The van der Waals surface area contributed by atoms with Gasteiger partial charge in [0.05, 0.1) is 27.9 Å². The molecule has 2 rings (SSSR count). The molecule has 0 aliphatic rings. The summed E-state index contributed by atoms with van der Waals surface area (Å²) in [7, 11) is 0. The maximum Gasteiger partial charge on any atom is 0.335 e. The Morgan fingerprint density at radius 2 is 1.89 bits per heavy atom. The van der Waals surface area contributed by atoms with Gasteiger partial charge in [0.25, 0.3) is 0 Å². The van der Waals surface area contributed by atoms with Crippen LogP contribution in [-0.2, 0) is 0 Å². The van der Waals surface area contributed by atoms with Gasteiger partial charge in [0.2, 0.25) is 0 Å². The van der Waals surface area contributed by atoms with Crippen LogP contribution in [0, 0.1) is 11.3 Å². The molecular weight excluding hydrogens is 264 g/mol. The topological polar surface area (TPSA) is 73.1 Å². The van der Waals surface area contributed by atoms with Crippen LogP contribution in [0.1, 0.15) is 15.9 Å². The Morgan fingerprint density at radius 1 is 1.21 bits per heavy atom. The molecule has 0 unspecified atom stereocenters. The van der Waals surface area contributed by atoms with E-state index in [4.69, 9.17) is 22.0 Å². The van der Waals surface area contributed by atoms with Crippen molar-refractivity contribution in [3.63, 3.8) is 0 Å². The molecule has 0 saturated heterocycles. The first-order valence-corrected chi connectivity index (χ1v) is 5.78. The van der Waals surface area contributed by atoms with Crippen LogP contribution < -0.4 is 5.32 Å². The number of nitriles is 1. The van der Waals surface area contributed by atoms with Crippen LogP contribution >= 0.6 is 11.6 Å². The van der Waals surface area contributed by atoms with Gasteiger partial charge in [-0.3, -0.25) is 0 Å². The van der Waals surface area contributed by atoms with Crippen molar-refractivity contribution in [2.24, 2.45) is 0 Å². The minimum Gasteiger partial charge on any atom is -0.478 e. The minimum absolute atomic E-state index is 0.211. The molecule has 2 aromatic carbocycles. The lowest BCUT2D eigenvalue weighted by Gasteiger charge is -2.08. The Hall–Kier alpha value is -2.51. The first-order chi connectivity index (χ1) is 9.10. The normalized spacial score (nSPS) is 9.68. The van der Waals surface area contributed by atoms with Gasteiger partial charge >= 0.3 is 5.97 Å². The van der Waals surface area contributed by atoms with Crippen LogP contribution in [0.25, 0.3) is 0 Å². The highest BCUT2D eigenvalue weighted by molar-refractivity contribution is 6.33. The number of hydrogen-bond donors (Lipinski definition) is 2. The summed E-state index contributed by atoms with van der Waals surface area (Å²) in [6.45, 7) is 0. The molecule has 0 fully saturated rings. The average molecular weight is 273 g/mol. The van der Waals surface area contributed by atoms with Crippen LogP contribution in [0.2, 0.25) is 5.02 Å². The lowest BCUT2D eigenvalue weighted by atomic mass is 10.2. The minimum atomic E-state index is -0.976. The molecule has 4 nitrogen and oxygen atoms in total. The summed E-state index contributed by atoms with van der Waals surface area (Å²) in [4.78, 5) is 10.7. The molecule has 0 aromatic heterocycles. The molecule has 0 aliphatic carbocycles. The molecule has 0 aliphatic heterocycles. The van der Waals surface area contributed by atoms with E-state index < -0.39 is 5.97 Å². The monoisotopic (exact) mass is 272 g/mol. The summed E-state index contributed by atoms with van der Waals surface area (Å²) < 4.78 is 0. The van der Waals surface area contributed by atoms with E-state index in [0.717, 1.165) is 0 Å². The van der Waals surface area contributed by atoms with Gasteiger partial charge in [0.15, 0.2) is 0 Å². The summed E-state index contributed by atoms with van der Waals surface area (Å²) in [6, 6.07) is 13.2. The number of carboxylic acids is 1. The highest BCUT2D eigenvalue weighted by atomic mass is 35.5. The summed E-state index contributed by atoms with van der Waals surface area (Å²) in [5, 5.41) is 21.2. The first kappa shape index (κ1) is 12.9. The van der Waals surface area contributed by atoms with Crippen molar-refractivity contribution >= 4 is 28.9 Å². The molecule has 0 radical (unpaired) electrons. The van der Waals surface area contributed by atoms with E-state index in [1.807, 2.05) is 6.07 Å². The second-order valence-electron chi connectivity index (χ2n) is 3.81. The van der Waals surface area contributed by atoms with E-state index in [-0.39, 0.29) is 5.56 Å². The number of halogens is 1. The Bertz CT molecular complexity index is 660. The first-order valence-electron chi connectivity index (χ1n) is 5.40. The van der Waals surface area contributed by atoms with Crippen LogP contribution in [0.4, 0.5) is 11.4 Å². The van der Waals surface area contributed by atoms with Crippen molar-refractivity contribution in [2.75, 3.05) is 5.32 Å². The lowest BCUT2D eigenvalue weighted by Crippen LogP contribution is -1.97. The predicted molar refractivity (Wildman–Crippen MR) is 72.9 cm³/mol. The maximum absolute atomic E-state index is 10.7. The van der Waals surface area contributed by atoms with E-state index in [1.54, 1.807) is 30.3 Å². The molecule has 0 atom stereocenters. The molecule has 5 heteroatoms. The Balaban J connectivity index is 2.26. The number of nitrogens with one attached hydrogen (secondary N) is 1. The van der Waals surface area contributed by atoms with Crippen LogP contribution in [-0.4, -0.2) is 11.1 Å². The highest BCUT2D eigenvalue weighted by Crippen LogP contribution is 2.26. The number of rotatable bonds is 3. The predicted octanol–water partition coefficient (Wildman–Crippen LogP) is 3.65. The summed E-state index contributed by atoms with van der Waals surface area (Å²) in [5.74, 6) is -0.976. The van der Waals surface area contributed by atoms with Gasteiger partial charge in [-0.25, -0.2) is 4.79 Å². The molecule has 0 spiro atoms. The quantitative estimate of drug-likeness (QED) is 0.894. The summed E-state index contributed by atoms with van der Waals surface area (Å²) in [6.07, 6.45) is 0. The largest absolute Gasteiger partial charge is 0.478 e. The van der Waals surface area contributed by atoms with E-state index >= 15 is 0 Å². The van der Waals surface area contributed by atoms with Gasteiger partial charge in [-0.2, -0.15) is 5.26 Å². The van der Waals surface area contributed by atoms with Crippen molar-refractivity contribution < 1.29 is 9.90 Å². The van der Waals surface area contributed by atoms with E-state index in [2.05, 4.69) is 5.32 Å². The van der Waals surface area contributed by atoms with E-state index in [0.29, 0.717) is 22.0 Å². The zero-order valence-electron chi connectivity index (χ0n) is 9.72. The van der Waals surface area contributed by atoms with Crippen LogP contribution in [0.3, 0.4) is 0 Å². The fraction of sp³-hybridized carbons (Fsp3) is 0. The molecule has 0 amide bonds. The molecular formula is C14H9ClN2O2. The molecule has 0 heterocycles. The number of anilines is 2. The van der Waals surface area contributed by atoms with Gasteiger partial charge in [0.1, 0.15) is 0 Å². The van der Waals surface area contributed by atoms with E-state index in [9.17, 15) is 4.79 Å². The Labute approximate surface area is 114 Å². The van der Waals surface area contributed by atoms with Crippen molar-refractivity contribution in [2.45, 2.75) is 0 Å². The third-order valence-corrected chi connectivity index (χ3v) is 2.84. The maximum atomic E-state index is 10.7. The van der Waals surface area contributed by atoms with Gasteiger partial charge in [-0.15, -0.1) is 0 Å². The highest BCUT2D eigenvalue weighted by Gasteiger charge is 2.04. The standard InChI is InChI=1S/C14H9ClN2O2/c15-12-6-1-9(8-16)7-13(12)17-11-4-2-10(3-5-11)14(18)19/h1-7,17H,(H,18,19). The Morgan fingerprint density at radius 3 is 2.47 bits per heavy atom. The molecule has 0 bridgehead atoms. The molecule has 0 saturated carbocycles. The second-order valence-corrected chi connectivity index (χ2v) is 4.22. The zero-order chi connectivity index (χ0) is 13.8. The Kier molecular flexibility index (Phi) is 3.69. The number of carbonyl (C=O) groups is 1. The summed E-state index contributed by atoms with van der Waals surface area (Å²) >= 11 is 6.02. The molecule has 19 heavy (non-hydrogen) atoms. The van der Waals surface area contributed by atoms with Crippen LogP contribution in [0.5, 0.6) is 0 Å². The van der Waals surface area contributed by atoms with Crippen LogP contribution in [0.15, 0.2) is 42.5 Å². The van der Waals surface area contributed by atoms with Crippen molar-refractivity contribution in [3.8, 4) is 6.07 Å². The summed E-state index contributed by atoms with van der Waals surface area (Å²) in [5.41, 5.74) is 2.00. The number of nitrogens with zero attached hydrogens (tertiary/aromatic N) is 1. The van der Waals surface area contributed by atoms with Crippen molar-refractivity contribution in [1.82, 2.24) is 0 Å². The average Bonchev–Trinajstić information content (AvgIpc) is 2.42. The van der Waals surface area contributed by atoms with Gasteiger partial charge < -0.3 is 10.4 Å². The second kappa shape index (κ2) is 5.42. The number of carboxylic acid groups (broad SMARTS) is 1. The lowest BCUT2D eigenvalue weighted by molar-refractivity contribution is 0.0697. The molecule has 94 valence electrons. The van der Waals surface area contributed by atoms with Crippen molar-refractivity contribution in [1.29, 1.82) is 5.26 Å². The fourth-order valence-corrected chi connectivity index (χ4v) is 1.71. The smallest absolute Gasteiger partial charge is 0.335 e. The van der Waals surface area contributed by atoms with Gasteiger partial charge in [0, 0.05) is 5.69 Å². The van der Waals surface area contributed by atoms with E-state index in [1.165, 1.54) is 12.1 Å². The number of aromatic carboxylic acids is 1. The third-order valence-electron chi connectivity index (χ3n) is 2.51. The third kappa shape index (κ3) is 3.03. The zero-order valence-corrected chi connectivity index (χ0v) is 10.5. The molecule has 2 N–H and O–H groups in total. The van der Waals surface area contributed by atoms with Gasteiger partial charge in [-0.1, -0.05) is 11.6 Å². The van der Waals surface area contributed by atoms with Crippen molar-refractivity contribution in [3.05, 3.63) is 58.6 Å². The molecule has 2 aromatic rings. The number of benzene rings is 2. The fourth-order valence-electron chi connectivity index (χ4n) is 1.54. The SMILES string of the molecule is N#Cc1ccc(Cl)c(Nc2ccc(C(=O)O)cc2)c1.